The van der Waals surface area contributed by atoms with Crippen LogP contribution < -0.4 is 16.2 Å². The van der Waals surface area contributed by atoms with Crippen LogP contribution in [0.5, 0.6) is 0 Å². The van der Waals surface area contributed by atoms with E-state index in [-0.39, 0.29) is 23.9 Å². The highest BCUT2D eigenvalue weighted by Gasteiger charge is 2.09. The summed E-state index contributed by atoms with van der Waals surface area (Å²) in [5.74, 6) is -0.525. The summed E-state index contributed by atoms with van der Waals surface area (Å²) in [6, 6.07) is 12.4. The van der Waals surface area contributed by atoms with Crippen molar-refractivity contribution in [1.29, 1.82) is 0 Å². The fourth-order valence-corrected chi connectivity index (χ4v) is 2.87. The van der Waals surface area contributed by atoms with Gasteiger partial charge in [0.25, 0.3) is 11.5 Å². The number of aryl methyl sites for hydroxylation is 2. The standard InChI is InChI=1S/C21H21N3O3/c1-12-7-16-9-17(21(27)24-19(16)8-13(12)2)11-22-20(26)15-5-4-6-18(10-15)23-14(3)25/h4-10H,11H2,1-3H3,(H,22,26)(H,23,25)(H,24,27). The zero-order valence-electron chi connectivity index (χ0n) is 15.5. The Labute approximate surface area is 156 Å². The second-order valence-corrected chi connectivity index (χ2v) is 6.59. The van der Waals surface area contributed by atoms with Crippen LogP contribution in [0.25, 0.3) is 10.9 Å². The minimum absolute atomic E-state index is 0.112. The first-order valence-electron chi connectivity index (χ1n) is 8.62. The Bertz CT molecular complexity index is 1100. The number of amides is 2. The smallest absolute Gasteiger partial charge is 0.253 e. The summed E-state index contributed by atoms with van der Waals surface area (Å²) < 4.78 is 0. The fourth-order valence-electron chi connectivity index (χ4n) is 2.87. The van der Waals surface area contributed by atoms with Crippen molar-refractivity contribution < 1.29 is 9.59 Å². The first-order chi connectivity index (χ1) is 12.8. The maximum atomic E-state index is 12.4. The van der Waals surface area contributed by atoms with Crippen molar-refractivity contribution in [3.8, 4) is 0 Å². The summed E-state index contributed by atoms with van der Waals surface area (Å²) in [6.07, 6.45) is 0. The van der Waals surface area contributed by atoms with Gasteiger partial charge in [0.2, 0.25) is 5.91 Å². The molecule has 0 unspecified atom stereocenters. The molecule has 6 nitrogen and oxygen atoms in total. The first kappa shape index (κ1) is 18.4. The van der Waals surface area contributed by atoms with E-state index in [4.69, 9.17) is 0 Å². The molecule has 0 radical (unpaired) electrons. The quantitative estimate of drug-likeness (QED) is 0.665. The van der Waals surface area contributed by atoms with Crippen molar-refractivity contribution in [2.45, 2.75) is 27.3 Å². The highest BCUT2D eigenvalue weighted by molar-refractivity contribution is 5.96. The van der Waals surface area contributed by atoms with E-state index < -0.39 is 0 Å². The van der Waals surface area contributed by atoms with Crippen molar-refractivity contribution in [2.75, 3.05) is 5.32 Å². The van der Waals surface area contributed by atoms with Gasteiger partial charge in [-0.2, -0.15) is 0 Å². The molecule has 2 amide bonds. The highest BCUT2D eigenvalue weighted by Crippen LogP contribution is 2.17. The number of fused-ring (bicyclic) bond motifs is 1. The molecule has 1 aromatic heterocycles. The molecule has 0 bridgehead atoms. The third-order valence-electron chi connectivity index (χ3n) is 4.42. The lowest BCUT2D eigenvalue weighted by Crippen LogP contribution is -2.26. The summed E-state index contributed by atoms with van der Waals surface area (Å²) in [5, 5.41) is 6.32. The van der Waals surface area contributed by atoms with E-state index in [0.717, 1.165) is 22.0 Å². The van der Waals surface area contributed by atoms with Crippen molar-refractivity contribution in [2.24, 2.45) is 0 Å². The second-order valence-electron chi connectivity index (χ2n) is 6.59. The average Bonchev–Trinajstić information content (AvgIpc) is 2.61. The number of benzene rings is 2. The minimum atomic E-state index is -0.318. The Balaban J connectivity index is 1.79. The van der Waals surface area contributed by atoms with Crippen LogP contribution in [-0.4, -0.2) is 16.8 Å². The van der Waals surface area contributed by atoms with Gasteiger partial charge in [-0.1, -0.05) is 6.07 Å². The molecule has 1 heterocycles. The molecule has 0 saturated heterocycles. The number of aromatic nitrogens is 1. The lowest BCUT2D eigenvalue weighted by Gasteiger charge is -2.09. The lowest BCUT2D eigenvalue weighted by molar-refractivity contribution is -0.114. The lowest BCUT2D eigenvalue weighted by atomic mass is 10.0. The summed E-state index contributed by atoms with van der Waals surface area (Å²) in [7, 11) is 0. The maximum absolute atomic E-state index is 12.4. The summed E-state index contributed by atoms with van der Waals surface area (Å²) in [6.45, 7) is 5.53. The molecular formula is C21H21N3O3. The van der Waals surface area contributed by atoms with Crippen LogP contribution in [0.2, 0.25) is 0 Å². The maximum Gasteiger partial charge on any atom is 0.253 e. The van der Waals surface area contributed by atoms with Crippen LogP contribution in [0.15, 0.2) is 47.3 Å². The molecule has 0 fully saturated rings. The number of nitrogens with one attached hydrogen (secondary N) is 3. The van der Waals surface area contributed by atoms with Crippen molar-refractivity contribution in [1.82, 2.24) is 10.3 Å². The van der Waals surface area contributed by atoms with Crippen LogP contribution in [0.1, 0.15) is 34.0 Å². The van der Waals surface area contributed by atoms with Gasteiger partial charge in [-0.05, 0) is 66.8 Å². The van der Waals surface area contributed by atoms with Gasteiger partial charge >= 0.3 is 0 Å². The number of rotatable bonds is 4. The van der Waals surface area contributed by atoms with E-state index in [0.29, 0.717) is 16.8 Å². The number of carbonyl (C=O) groups excluding carboxylic acids is 2. The molecule has 0 aliphatic heterocycles. The van der Waals surface area contributed by atoms with E-state index in [1.165, 1.54) is 6.92 Å². The number of carbonyl (C=O) groups is 2. The number of hydrogen-bond acceptors (Lipinski definition) is 3. The van der Waals surface area contributed by atoms with Crippen LogP contribution in [0.3, 0.4) is 0 Å². The third-order valence-corrected chi connectivity index (χ3v) is 4.42. The van der Waals surface area contributed by atoms with E-state index in [9.17, 15) is 14.4 Å². The zero-order chi connectivity index (χ0) is 19.6. The molecule has 2 aromatic carbocycles. The molecule has 27 heavy (non-hydrogen) atoms. The van der Waals surface area contributed by atoms with Crippen molar-refractivity contribution in [3.05, 3.63) is 75.1 Å². The molecule has 3 rings (SSSR count). The number of H-pyrrole nitrogens is 1. The predicted octanol–water partition coefficient (Wildman–Crippen LogP) is 3.03. The molecule has 3 aromatic rings. The normalized spacial score (nSPS) is 10.6. The van der Waals surface area contributed by atoms with Gasteiger partial charge in [0, 0.05) is 35.8 Å². The first-order valence-corrected chi connectivity index (χ1v) is 8.62. The van der Waals surface area contributed by atoms with Gasteiger partial charge in [-0.15, -0.1) is 0 Å². The van der Waals surface area contributed by atoms with Crippen LogP contribution in [0.4, 0.5) is 5.69 Å². The summed E-state index contributed by atoms with van der Waals surface area (Å²) in [4.78, 5) is 38.7. The van der Waals surface area contributed by atoms with Gasteiger partial charge in [0.1, 0.15) is 0 Å². The zero-order valence-corrected chi connectivity index (χ0v) is 15.5. The Morgan fingerprint density at radius 1 is 1.04 bits per heavy atom. The Morgan fingerprint density at radius 2 is 1.78 bits per heavy atom. The molecule has 6 heteroatoms. The molecule has 3 N–H and O–H groups in total. The van der Waals surface area contributed by atoms with Gasteiger partial charge in [0.05, 0.1) is 0 Å². The van der Waals surface area contributed by atoms with E-state index in [2.05, 4.69) is 15.6 Å². The Hall–Kier alpha value is -3.41. The van der Waals surface area contributed by atoms with E-state index in [1.807, 2.05) is 26.0 Å². The fraction of sp³-hybridized carbons (Fsp3) is 0.190. The van der Waals surface area contributed by atoms with Crippen molar-refractivity contribution >= 4 is 28.4 Å². The predicted molar refractivity (Wildman–Crippen MR) is 106 cm³/mol. The topological polar surface area (TPSA) is 91.1 Å². The monoisotopic (exact) mass is 363 g/mol. The second kappa shape index (κ2) is 7.45. The van der Waals surface area contributed by atoms with E-state index >= 15 is 0 Å². The van der Waals surface area contributed by atoms with Gasteiger partial charge in [-0.25, -0.2) is 0 Å². The molecule has 0 spiro atoms. The average molecular weight is 363 g/mol. The van der Waals surface area contributed by atoms with Crippen molar-refractivity contribution in [3.63, 3.8) is 0 Å². The van der Waals surface area contributed by atoms with Crippen LogP contribution in [0, 0.1) is 13.8 Å². The largest absolute Gasteiger partial charge is 0.348 e. The van der Waals surface area contributed by atoms with E-state index in [1.54, 1.807) is 30.3 Å². The molecule has 0 aliphatic rings. The molecule has 138 valence electrons. The number of hydrogen-bond donors (Lipinski definition) is 3. The van der Waals surface area contributed by atoms with Crippen LogP contribution >= 0.6 is 0 Å². The molecule has 0 atom stereocenters. The SMILES string of the molecule is CC(=O)Nc1cccc(C(=O)NCc2cc3cc(C)c(C)cc3[nH]c2=O)c1. The molecule has 0 saturated carbocycles. The van der Waals surface area contributed by atoms with Gasteiger partial charge in [-0.3, -0.25) is 14.4 Å². The Kier molecular flexibility index (Phi) is 5.07. The van der Waals surface area contributed by atoms with Gasteiger partial charge in [0.15, 0.2) is 0 Å². The third kappa shape index (κ3) is 4.23. The van der Waals surface area contributed by atoms with Crippen LogP contribution in [-0.2, 0) is 11.3 Å². The minimum Gasteiger partial charge on any atom is -0.348 e. The number of anilines is 1. The number of pyridine rings is 1. The Morgan fingerprint density at radius 3 is 2.52 bits per heavy atom. The van der Waals surface area contributed by atoms with Gasteiger partial charge < -0.3 is 15.6 Å². The molecular weight excluding hydrogens is 342 g/mol. The molecule has 0 aliphatic carbocycles. The highest BCUT2D eigenvalue weighted by atomic mass is 16.2. The summed E-state index contributed by atoms with van der Waals surface area (Å²) in [5.41, 5.74) is 4.24. The summed E-state index contributed by atoms with van der Waals surface area (Å²) >= 11 is 0. The number of aromatic amines is 1.